The Morgan fingerprint density at radius 2 is 1.66 bits per heavy atom. The number of sulfonamides is 1. The number of aromatic amines is 1. The molecule has 0 bridgehead atoms. The van der Waals surface area contributed by atoms with Crippen LogP contribution in [0.2, 0.25) is 0 Å². The fourth-order valence-electron chi connectivity index (χ4n) is 7.66. The number of anilines is 2. The molecule has 0 spiro atoms. The van der Waals surface area contributed by atoms with Crippen LogP contribution in [-0.4, -0.2) is 60.4 Å². The zero-order valence-electron chi connectivity index (χ0n) is 31.6. The summed E-state index contributed by atoms with van der Waals surface area (Å²) in [6.45, 7) is 2.36. The van der Waals surface area contributed by atoms with Gasteiger partial charge in [-0.3, -0.25) is 25.0 Å². The molecule has 3 N–H and O–H groups in total. The molecule has 1 amide bonds. The molecule has 302 valence electrons. The topological polar surface area (TPSA) is 212 Å². The minimum Gasteiger partial charge on any atom is -0.455 e. The zero-order valence-corrected chi connectivity index (χ0v) is 32.4. The van der Waals surface area contributed by atoms with E-state index in [0.29, 0.717) is 43.2 Å². The zero-order chi connectivity index (χ0) is 41.1. The van der Waals surface area contributed by atoms with E-state index in [-0.39, 0.29) is 45.3 Å². The van der Waals surface area contributed by atoms with Gasteiger partial charge in [0.2, 0.25) is 0 Å². The number of ether oxygens (including phenoxy) is 2. The van der Waals surface area contributed by atoms with E-state index in [0.717, 1.165) is 48.3 Å². The average Bonchev–Trinajstić information content (AvgIpc) is 3.93. The van der Waals surface area contributed by atoms with Crippen molar-refractivity contribution >= 4 is 49.7 Å². The summed E-state index contributed by atoms with van der Waals surface area (Å²) in [7, 11) is -4.60. The van der Waals surface area contributed by atoms with Gasteiger partial charge in [0.25, 0.3) is 27.3 Å². The molecule has 4 heterocycles. The van der Waals surface area contributed by atoms with Gasteiger partial charge in [0, 0.05) is 50.0 Å². The lowest BCUT2D eigenvalue weighted by Gasteiger charge is -2.27. The lowest BCUT2D eigenvalue weighted by atomic mass is 9.98. The van der Waals surface area contributed by atoms with Crippen molar-refractivity contribution in [3.05, 3.63) is 141 Å². The maximum absolute atomic E-state index is 13.8. The van der Waals surface area contributed by atoms with Crippen molar-refractivity contribution in [2.45, 2.75) is 36.6 Å². The maximum Gasteiger partial charge on any atom is 0.293 e. The predicted molar refractivity (Wildman–Crippen MR) is 220 cm³/mol. The van der Waals surface area contributed by atoms with Crippen LogP contribution >= 0.6 is 0 Å². The third-order valence-electron chi connectivity index (χ3n) is 10.7. The van der Waals surface area contributed by atoms with Crippen molar-refractivity contribution < 1.29 is 32.5 Å². The molecule has 2 fully saturated rings. The van der Waals surface area contributed by atoms with E-state index in [4.69, 9.17) is 9.47 Å². The molecule has 1 atom stereocenters. The number of aromatic nitrogens is 2. The Morgan fingerprint density at radius 1 is 0.898 bits per heavy atom. The monoisotopic (exact) mass is 817 g/mol. The number of hydrogen-bond donors (Lipinski definition) is 3. The second kappa shape index (κ2) is 16.6. The summed E-state index contributed by atoms with van der Waals surface area (Å²) in [6.07, 6.45) is 6.50. The van der Waals surface area contributed by atoms with E-state index in [1.165, 1.54) is 30.5 Å². The molecule has 2 aliphatic rings. The molecule has 2 saturated heterocycles. The van der Waals surface area contributed by atoms with Crippen LogP contribution in [-0.2, 0) is 14.8 Å². The first-order chi connectivity index (χ1) is 28.5. The maximum atomic E-state index is 13.8. The van der Waals surface area contributed by atoms with Crippen LogP contribution in [0.5, 0.6) is 11.5 Å². The van der Waals surface area contributed by atoms with Gasteiger partial charge in [-0.1, -0.05) is 42.5 Å². The summed E-state index contributed by atoms with van der Waals surface area (Å²) >= 11 is 0. The van der Waals surface area contributed by atoms with Crippen molar-refractivity contribution in [3.8, 4) is 22.6 Å². The van der Waals surface area contributed by atoms with Crippen molar-refractivity contribution in [1.29, 1.82) is 0 Å². The average molecular weight is 818 g/mol. The number of carbonyl (C=O) groups excluding carboxylic acids is 1. The summed E-state index contributed by atoms with van der Waals surface area (Å²) in [6, 6.07) is 26.1. The highest BCUT2D eigenvalue weighted by atomic mass is 32.2. The van der Waals surface area contributed by atoms with Gasteiger partial charge in [-0.15, -0.1) is 0 Å². The molecule has 0 saturated carbocycles. The van der Waals surface area contributed by atoms with Crippen molar-refractivity contribution in [1.82, 2.24) is 14.7 Å². The second-order valence-electron chi connectivity index (χ2n) is 14.4. The molecule has 2 aliphatic heterocycles. The van der Waals surface area contributed by atoms with Crippen molar-refractivity contribution in [3.63, 3.8) is 0 Å². The Morgan fingerprint density at radius 3 is 2.44 bits per heavy atom. The highest BCUT2D eigenvalue weighted by Gasteiger charge is 2.31. The predicted octanol–water partition coefficient (Wildman–Crippen LogP) is 8.14. The van der Waals surface area contributed by atoms with Gasteiger partial charge in [0.1, 0.15) is 28.5 Å². The molecular formula is C42H39N7O9S. The number of hydrogen-bond acceptors (Lipinski definition) is 12. The number of benzene rings is 4. The normalized spacial score (nSPS) is 15.9. The molecule has 4 aromatic carbocycles. The van der Waals surface area contributed by atoms with Gasteiger partial charge < -0.3 is 24.7 Å². The molecule has 2 aromatic heterocycles. The quantitative estimate of drug-likeness (QED) is 0.0745. The number of nitrogens with zero attached hydrogens (tertiary/aromatic N) is 4. The van der Waals surface area contributed by atoms with E-state index in [2.05, 4.69) is 24.9 Å². The first-order valence-corrected chi connectivity index (χ1v) is 20.5. The number of nitro benzene ring substituents is 2. The van der Waals surface area contributed by atoms with Crippen LogP contribution in [0.25, 0.3) is 22.2 Å². The Bertz CT molecular complexity index is 2660. The van der Waals surface area contributed by atoms with Crippen LogP contribution in [0.1, 0.15) is 47.6 Å². The van der Waals surface area contributed by atoms with E-state index in [1.807, 2.05) is 24.3 Å². The Labute approximate surface area is 338 Å². The lowest BCUT2D eigenvalue weighted by molar-refractivity contribution is -0.384. The van der Waals surface area contributed by atoms with Gasteiger partial charge in [-0.05, 0) is 90.8 Å². The molecule has 0 radical (unpaired) electrons. The second-order valence-corrected chi connectivity index (χ2v) is 16.1. The van der Waals surface area contributed by atoms with Crippen LogP contribution in [0.4, 0.5) is 22.7 Å². The Kier molecular flexibility index (Phi) is 10.9. The number of fused-ring (bicyclic) bond motifs is 1. The SMILES string of the molecule is O=C(NS(=O)(=O)c1ccc(NCC2CCOCC2)c([N+](=O)[O-])c1)c1ccc(-c2ccc(C3CCCN3c3ccccc3[N+](=O)[O-])cc2)cc1Oc1cnc2[nH]ccc2c1. The molecule has 1 unspecified atom stereocenters. The number of carbonyl (C=O) groups is 1. The number of nitro groups is 2. The summed E-state index contributed by atoms with van der Waals surface area (Å²) in [5.41, 5.74) is 3.27. The number of pyridine rings is 1. The first kappa shape index (κ1) is 39.0. The smallest absolute Gasteiger partial charge is 0.293 e. The van der Waals surface area contributed by atoms with Crippen molar-refractivity contribution in [2.24, 2.45) is 5.92 Å². The summed E-state index contributed by atoms with van der Waals surface area (Å²) in [5, 5.41) is 27.7. The van der Waals surface area contributed by atoms with Gasteiger partial charge in [0.05, 0.1) is 32.5 Å². The standard InChI is InChI=1S/C42H39N7O9S/c50-42(46-59(55,56)33-12-14-35(39(24-33)49(53)54)44-25-27-16-20-57-21-17-27)34-13-11-30(23-40(34)58-32-22-31-15-18-43-41(31)45-26-32)28-7-9-29(10-8-28)36-6-3-19-47(36)37-4-1-2-5-38(37)48(51)52/h1-2,4-5,7-15,18,22-24,26-27,36,44H,3,6,16-17,19-21,25H2,(H,43,45)(H,46,50). The minimum absolute atomic E-state index is 0.0351. The third kappa shape index (κ3) is 8.42. The molecule has 0 aliphatic carbocycles. The lowest BCUT2D eigenvalue weighted by Crippen LogP contribution is -2.31. The number of amides is 1. The number of para-hydroxylation sites is 2. The molecule has 8 rings (SSSR count). The minimum atomic E-state index is -4.60. The third-order valence-corrected chi connectivity index (χ3v) is 12.1. The van der Waals surface area contributed by atoms with Crippen LogP contribution < -0.4 is 19.7 Å². The Balaban J connectivity index is 1.06. The number of rotatable bonds is 13. The van der Waals surface area contributed by atoms with E-state index >= 15 is 0 Å². The number of nitrogens with one attached hydrogen (secondary N) is 3. The number of H-pyrrole nitrogens is 1. The first-order valence-electron chi connectivity index (χ1n) is 19.1. The van der Waals surface area contributed by atoms with Crippen LogP contribution in [0, 0.1) is 26.1 Å². The van der Waals surface area contributed by atoms with E-state index < -0.39 is 31.4 Å². The molecular weight excluding hydrogens is 779 g/mol. The molecule has 59 heavy (non-hydrogen) atoms. The summed E-state index contributed by atoms with van der Waals surface area (Å²) in [5.74, 6) is -0.437. The van der Waals surface area contributed by atoms with Gasteiger partial charge in [-0.2, -0.15) is 0 Å². The van der Waals surface area contributed by atoms with Gasteiger partial charge in [-0.25, -0.2) is 18.1 Å². The van der Waals surface area contributed by atoms with Crippen molar-refractivity contribution in [2.75, 3.05) is 36.5 Å². The fourth-order valence-corrected chi connectivity index (χ4v) is 8.64. The van der Waals surface area contributed by atoms with E-state index in [9.17, 15) is 33.4 Å². The molecule has 16 nitrogen and oxygen atoms in total. The molecule has 17 heteroatoms. The van der Waals surface area contributed by atoms with E-state index in [1.54, 1.807) is 48.7 Å². The van der Waals surface area contributed by atoms with Crippen LogP contribution in [0.15, 0.2) is 114 Å². The largest absolute Gasteiger partial charge is 0.455 e. The highest BCUT2D eigenvalue weighted by Crippen LogP contribution is 2.41. The highest BCUT2D eigenvalue weighted by molar-refractivity contribution is 7.90. The van der Waals surface area contributed by atoms with Gasteiger partial charge in [0.15, 0.2) is 0 Å². The van der Waals surface area contributed by atoms with Crippen LogP contribution in [0.3, 0.4) is 0 Å². The molecule has 6 aromatic rings. The summed E-state index contributed by atoms with van der Waals surface area (Å²) in [4.78, 5) is 45.6. The Hall–Kier alpha value is -6.85. The summed E-state index contributed by atoms with van der Waals surface area (Å²) < 4.78 is 40.9. The van der Waals surface area contributed by atoms with Gasteiger partial charge >= 0.3 is 0 Å². The fraction of sp³-hybridized carbons (Fsp3) is 0.238.